The summed E-state index contributed by atoms with van der Waals surface area (Å²) < 4.78 is 0. The van der Waals surface area contributed by atoms with Crippen LogP contribution >= 0.6 is 0 Å². The first-order chi connectivity index (χ1) is 8.15. The minimum Gasteiger partial charge on any atom is -0.348 e. The van der Waals surface area contributed by atoms with Crippen LogP contribution in [0.15, 0.2) is 0 Å². The molecule has 0 aromatic carbocycles. The molecule has 2 amide bonds. The molecule has 0 aromatic heterocycles. The molecule has 100 valence electrons. The molecule has 4 heteroatoms. The zero-order chi connectivity index (χ0) is 13.1. The molecule has 0 heterocycles. The number of unbranched alkanes of at least 4 members (excludes halogenated alkanes) is 1. The van der Waals surface area contributed by atoms with Crippen LogP contribution in [0.1, 0.15) is 52.9 Å². The molecule has 0 spiro atoms. The molecule has 0 saturated carbocycles. The van der Waals surface area contributed by atoms with Crippen molar-refractivity contribution < 1.29 is 9.59 Å². The summed E-state index contributed by atoms with van der Waals surface area (Å²) in [5.74, 6) is -0.538. The number of rotatable bonds is 8. The van der Waals surface area contributed by atoms with Gasteiger partial charge in [0.1, 0.15) is 0 Å². The highest BCUT2D eigenvalue weighted by Gasteiger charge is 2.14. The zero-order valence-corrected chi connectivity index (χ0v) is 11.3. The minimum atomic E-state index is -0.516. The Morgan fingerprint density at radius 2 is 1.65 bits per heavy atom. The molecule has 0 saturated heterocycles. The maximum Gasteiger partial charge on any atom is 0.309 e. The molecule has 1 atom stereocenters. The smallest absolute Gasteiger partial charge is 0.309 e. The van der Waals surface area contributed by atoms with Crippen LogP contribution in [-0.4, -0.2) is 24.9 Å². The Labute approximate surface area is 105 Å². The van der Waals surface area contributed by atoms with Crippen LogP contribution in [0.2, 0.25) is 0 Å². The van der Waals surface area contributed by atoms with Crippen LogP contribution in [-0.2, 0) is 9.59 Å². The highest BCUT2D eigenvalue weighted by molar-refractivity contribution is 6.35. The van der Waals surface area contributed by atoms with E-state index in [9.17, 15) is 9.59 Å². The lowest BCUT2D eigenvalue weighted by molar-refractivity contribution is -0.139. The number of carbonyl (C=O) groups is 2. The van der Waals surface area contributed by atoms with Gasteiger partial charge in [0.05, 0.1) is 0 Å². The first-order valence-electron chi connectivity index (χ1n) is 6.71. The van der Waals surface area contributed by atoms with Crippen LogP contribution in [0, 0.1) is 5.92 Å². The second-order valence-electron chi connectivity index (χ2n) is 4.38. The maximum absolute atomic E-state index is 11.4. The lowest BCUT2D eigenvalue weighted by atomic mass is 9.99. The van der Waals surface area contributed by atoms with Gasteiger partial charge in [-0.1, -0.05) is 40.0 Å². The third-order valence-corrected chi connectivity index (χ3v) is 2.84. The van der Waals surface area contributed by atoms with Gasteiger partial charge < -0.3 is 10.6 Å². The van der Waals surface area contributed by atoms with Crippen LogP contribution in [0.4, 0.5) is 0 Å². The van der Waals surface area contributed by atoms with Gasteiger partial charge in [0.15, 0.2) is 0 Å². The fourth-order valence-electron chi connectivity index (χ4n) is 1.58. The van der Waals surface area contributed by atoms with Gasteiger partial charge >= 0.3 is 11.8 Å². The predicted molar refractivity (Wildman–Crippen MR) is 69.6 cm³/mol. The number of hydrogen-bond acceptors (Lipinski definition) is 2. The molecule has 0 aliphatic heterocycles. The Morgan fingerprint density at radius 1 is 1.00 bits per heavy atom. The van der Waals surface area contributed by atoms with Crippen molar-refractivity contribution in [2.24, 2.45) is 5.92 Å². The van der Waals surface area contributed by atoms with Crippen molar-refractivity contribution >= 4 is 11.8 Å². The van der Waals surface area contributed by atoms with E-state index in [1.807, 2.05) is 6.92 Å². The summed E-state index contributed by atoms with van der Waals surface area (Å²) in [6, 6.07) is 0. The highest BCUT2D eigenvalue weighted by atomic mass is 16.2. The fourth-order valence-corrected chi connectivity index (χ4v) is 1.58. The third-order valence-electron chi connectivity index (χ3n) is 2.84. The summed E-state index contributed by atoms with van der Waals surface area (Å²) in [5.41, 5.74) is 0. The first kappa shape index (κ1) is 15.9. The summed E-state index contributed by atoms with van der Waals surface area (Å²) in [6.45, 7) is 7.39. The van der Waals surface area contributed by atoms with Crippen molar-refractivity contribution in [3.8, 4) is 0 Å². The minimum absolute atomic E-state index is 0.484. The van der Waals surface area contributed by atoms with Gasteiger partial charge in [-0.25, -0.2) is 0 Å². The molecule has 0 radical (unpaired) electrons. The second-order valence-corrected chi connectivity index (χ2v) is 4.38. The summed E-state index contributed by atoms with van der Waals surface area (Å²) in [4.78, 5) is 22.7. The molecule has 0 aromatic rings. The van der Waals surface area contributed by atoms with Crippen molar-refractivity contribution in [3.05, 3.63) is 0 Å². The number of nitrogens with one attached hydrogen (secondary N) is 2. The van der Waals surface area contributed by atoms with E-state index < -0.39 is 11.8 Å². The van der Waals surface area contributed by atoms with Gasteiger partial charge in [-0.2, -0.15) is 0 Å². The van der Waals surface area contributed by atoms with E-state index in [-0.39, 0.29) is 0 Å². The van der Waals surface area contributed by atoms with Crippen molar-refractivity contribution in [3.63, 3.8) is 0 Å². The summed E-state index contributed by atoms with van der Waals surface area (Å²) >= 11 is 0. The Bertz CT molecular complexity index is 229. The van der Waals surface area contributed by atoms with E-state index >= 15 is 0 Å². The lowest BCUT2D eigenvalue weighted by Gasteiger charge is -2.14. The van der Waals surface area contributed by atoms with Gasteiger partial charge in [-0.3, -0.25) is 9.59 Å². The Hall–Kier alpha value is -1.06. The summed E-state index contributed by atoms with van der Waals surface area (Å²) in [5, 5.41) is 5.27. The standard InChI is InChI=1S/C13H26N2O2/c1-4-7-8-11(6-3)10-15-13(17)12(16)14-9-5-2/h11H,4-10H2,1-3H3,(H,14,16)(H,15,17)/t11-/m1/s1. The second kappa shape index (κ2) is 10.1. The maximum atomic E-state index is 11.4. The Kier molecular flexibility index (Phi) is 9.49. The van der Waals surface area contributed by atoms with Gasteiger partial charge in [0.25, 0.3) is 0 Å². The average Bonchev–Trinajstić information content (AvgIpc) is 2.35. The predicted octanol–water partition coefficient (Wildman–Crippen LogP) is 1.85. The fraction of sp³-hybridized carbons (Fsp3) is 0.846. The lowest BCUT2D eigenvalue weighted by Crippen LogP contribution is -2.41. The van der Waals surface area contributed by atoms with Gasteiger partial charge in [0.2, 0.25) is 0 Å². The molecule has 17 heavy (non-hydrogen) atoms. The quantitative estimate of drug-likeness (QED) is 0.638. The zero-order valence-electron chi connectivity index (χ0n) is 11.3. The largest absolute Gasteiger partial charge is 0.348 e. The van der Waals surface area contributed by atoms with Crippen LogP contribution < -0.4 is 10.6 Å². The van der Waals surface area contributed by atoms with Crippen molar-refractivity contribution in [1.29, 1.82) is 0 Å². The molecule has 4 nitrogen and oxygen atoms in total. The molecule has 0 rings (SSSR count). The molecule has 0 bridgehead atoms. The highest BCUT2D eigenvalue weighted by Crippen LogP contribution is 2.10. The first-order valence-corrected chi connectivity index (χ1v) is 6.71. The number of carbonyl (C=O) groups excluding carboxylic acids is 2. The van der Waals surface area contributed by atoms with E-state index in [0.29, 0.717) is 19.0 Å². The molecule has 0 aliphatic carbocycles. The molecule has 2 N–H and O–H groups in total. The van der Waals surface area contributed by atoms with Crippen molar-refractivity contribution in [2.45, 2.75) is 52.9 Å². The normalized spacial score (nSPS) is 11.9. The SMILES string of the molecule is CCCC[C@@H](CC)CNC(=O)C(=O)NCCC. The number of amides is 2. The van der Waals surface area contributed by atoms with Gasteiger partial charge in [0, 0.05) is 13.1 Å². The monoisotopic (exact) mass is 242 g/mol. The molecule has 0 aliphatic rings. The van der Waals surface area contributed by atoms with Crippen molar-refractivity contribution in [1.82, 2.24) is 10.6 Å². The topological polar surface area (TPSA) is 58.2 Å². The Balaban J connectivity index is 3.83. The third kappa shape index (κ3) is 7.77. The number of hydrogen-bond donors (Lipinski definition) is 2. The van der Waals surface area contributed by atoms with Crippen LogP contribution in [0.5, 0.6) is 0 Å². The van der Waals surface area contributed by atoms with E-state index in [2.05, 4.69) is 24.5 Å². The average molecular weight is 242 g/mol. The molecule has 0 fully saturated rings. The van der Waals surface area contributed by atoms with Gasteiger partial charge in [-0.15, -0.1) is 0 Å². The summed E-state index contributed by atoms with van der Waals surface area (Å²) in [6.07, 6.45) is 5.34. The Morgan fingerprint density at radius 3 is 2.18 bits per heavy atom. The molecular weight excluding hydrogens is 216 g/mol. The van der Waals surface area contributed by atoms with Crippen molar-refractivity contribution in [2.75, 3.05) is 13.1 Å². The van der Waals surface area contributed by atoms with E-state index in [0.717, 1.165) is 19.3 Å². The van der Waals surface area contributed by atoms with E-state index in [1.165, 1.54) is 12.8 Å². The molecule has 0 unspecified atom stereocenters. The van der Waals surface area contributed by atoms with Crippen LogP contribution in [0.3, 0.4) is 0 Å². The van der Waals surface area contributed by atoms with E-state index in [1.54, 1.807) is 0 Å². The summed E-state index contributed by atoms with van der Waals surface area (Å²) in [7, 11) is 0. The van der Waals surface area contributed by atoms with Crippen LogP contribution in [0.25, 0.3) is 0 Å². The van der Waals surface area contributed by atoms with Gasteiger partial charge in [-0.05, 0) is 18.8 Å². The molecular formula is C13H26N2O2. The van der Waals surface area contributed by atoms with E-state index in [4.69, 9.17) is 0 Å².